The lowest BCUT2D eigenvalue weighted by Gasteiger charge is -2.18. The van der Waals surface area contributed by atoms with Crippen LogP contribution in [0.4, 0.5) is 0 Å². The van der Waals surface area contributed by atoms with Gasteiger partial charge >= 0.3 is 0 Å². The second-order valence-electron chi connectivity index (χ2n) is 5.62. The van der Waals surface area contributed by atoms with Crippen LogP contribution in [-0.4, -0.2) is 23.4 Å². The van der Waals surface area contributed by atoms with Gasteiger partial charge in [0.2, 0.25) is 0 Å². The van der Waals surface area contributed by atoms with E-state index in [1.807, 2.05) is 0 Å². The maximum atomic E-state index is 9.45. The Labute approximate surface area is 123 Å². The van der Waals surface area contributed by atoms with Gasteiger partial charge in [-0.15, -0.1) is 0 Å². The smallest absolute Gasteiger partial charge is 0.104 e. The van der Waals surface area contributed by atoms with Gasteiger partial charge in [0, 0.05) is 0 Å². The highest BCUT2D eigenvalue weighted by atomic mass is 16.6. The number of allylic oxidation sites excluding steroid dienone is 1. The lowest BCUT2D eigenvalue weighted by Crippen LogP contribution is -2.29. The van der Waals surface area contributed by atoms with Gasteiger partial charge < -0.3 is 9.94 Å². The Balaban J connectivity index is 4.21. The third kappa shape index (κ3) is 7.97. The van der Waals surface area contributed by atoms with Gasteiger partial charge in [0.15, 0.2) is 0 Å². The third-order valence-electron chi connectivity index (χ3n) is 3.82. The summed E-state index contributed by atoms with van der Waals surface area (Å²) in [5, 5.41) is 9.45. The van der Waals surface area contributed by atoms with Crippen LogP contribution in [0.3, 0.4) is 0 Å². The number of aliphatic hydroxyl groups excluding tert-OH is 1. The molecule has 5 N–H and O–H groups in total. The number of rotatable bonds is 11. The fourth-order valence-electron chi connectivity index (χ4n) is 2.26. The summed E-state index contributed by atoms with van der Waals surface area (Å²) >= 11 is 0. The minimum Gasteiger partial charge on any atom is -0.391 e. The van der Waals surface area contributed by atoms with Gasteiger partial charge in [0.05, 0.1) is 12.2 Å². The van der Waals surface area contributed by atoms with Crippen molar-refractivity contribution in [1.82, 2.24) is 0 Å². The first-order chi connectivity index (χ1) is 9.46. The Morgan fingerprint density at radius 3 is 2.20 bits per heavy atom. The molecule has 0 saturated heterocycles. The highest BCUT2D eigenvalue weighted by Gasteiger charge is 2.14. The molecule has 0 saturated carbocycles. The van der Waals surface area contributed by atoms with Gasteiger partial charge in [-0.1, -0.05) is 24.5 Å². The molecule has 120 valence electrons. The second kappa shape index (κ2) is 11.2. The van der Waals surface area contributed by atoms with Gasteiger partial charge in [0.1, 0.15) is 6.10 Å². The highest BCUT2D eigenvalue weighted by Crippen LogP contribution is 2.20. The molecule has 3 atom stereocenters. The fraction of sp³-hybridized carbons (Fsp3) is 0.867. The van der Waals surface area contributed by atoms with Crippen molar-refractivity contribution in [3.63, 3.8) is 0 Å². The largest absolute Gasteiger partial charge is 0.391 e. The zero-order valence-electron chi connectivity index (χ0n) is 13.4. The van der Waals surface area contributed by atoms with Crippen LogP contribution in [0.5, 0.6) is 0 Å². The first-order valence-electron chi connectivity index (χ1n) is 7.50. The van der Waals surface area contributed by atoms with Crippen molar-refractivity contribution < 1.29 is 14.8 Å². The van der Waals surface area contributed by atoms with Gasteiger partial charge in [-0.05, 0) is 52.9 Å². The Morgan fingerprint density at radius 2 is 1.75 bits per heavy atom. The molecule has 0 amide bonds. The van der Waals surface area contributed by atoms with Crippen LogP contribution in [0.25, 0.3) is 0 Å². The van der Waals surface area contributed by atoms with Crippen molar-refractivity contribution >= 4 is 0 Å². The first kappa shape index (κ1) is 19.5. The van der Waals surface area contributed by atoms with E-state index in [-0.39, 0.29) is 12.2 Å². The third-order valence-corrected chi connectivity index (χ3v) is 3.82. The van der Waals surface area contributed by atoms with Crippen molar-refractivity contribution in [2.45, 2.75) is 84.5 Å². The molecule has 0 heterocycles. The standard InChI is InChI=1S/C15H32N2O3/c1-5-7-14(19-16)10-12(3)11(2)8-6-9-15(20-17)13(4)18/h13-15,18H,5-10,16-17H2,1-4H3/b12-11-. The first-order valence-corrected chi connectivity index (χ1v) is 7.50. The van der Waals surface area contributed by atoms with Crippen LogP contribution in [0.15, 0.2) is 11.1 Å². The Kier molecular flexibility index (Phi) is 11.0. The zero-order valence-corrected chi connectivity index (χ0v) is 13.4. The van der Waals surface area contributed by atoms with Crippen LogP contribution in [0, 0.1) is 0 Å². The normalized spacial score (nSPS) is 17.6. The Bertz CT molecular complexity index is 280. The second-order valence-corrected chi connectivity index (χ2v) is 5.62. The van der Waals surface area contributed by atoms with E-state index in [1.165, 1.54) is 11.1 Å². The molecule has 0 aliphatic carbocycles. The number of aliphatic hydroxyl groups is 1. The Hall–Kier alpha value is -0.460. The lowest BCUT2D eigenvalue weighted by atomic mass is 9.97. The topological polar surface area (TPSA) is 90.7 Å². The van der Waals surface area contributed by atoms with Crippen LogP contribution in [0.2, 0.25) is 0 Å². The van der Waals surface area contributed by atoms with E-state index < -0.39 is 6.10 Å². The molecule has 0 rings (SSSR count). The van der Waals surface area contributed by atoms with Crippen LogP contribution in [-0.2, 0) is 9.68 Å². The van der Waals surface area contributed by atoms with E-state index in [9.17, 15) is 5.11 Å². The summed E-state index contributed by atoms with van der Waals surface area (Å²) < 4.78 is 0. The van der Waals surface area contributed by atoms with E-state index >= 15 is 0 Å². The predicted molar refractivity (Wildman–Crippen MR) is 81.6 cm³/mol. The summed E-state index contributed by atoms with van der Waals surface area (Å²) in [6, 6.07) is 0. The summed E-state index contributed by atoms with van der Waals surface area (Å²) in [5.41, 5.74) is 2.68. The van der Waals surface area contributed by atoms with Gasteiger partial charge in [-0.2, -0.15) is 0 Å². The summed E-state index contributed by atoms with van der Waals surface area (Å²) in [6.45, 7) is 8.08. The monoisotopic (exact) mass is 288 g/mol. The van der Waals surface area contributed by atoms with Crippen molar-refractivity contribution in [3.05, 3.63) is 11.1 Å². The molecule has 3 unspecified atom stereocenters. The molecule has 5 heteroatoms. The molecule has 5 nitrogen and oxygen atoms in total. The minimum absolute atomic E-state index is 0.104. The van der Waals surface area contributed by atoms with Gasteiger partial charge in [-0.25, -0.2) is 11.8 Å². The number of nitrogens with two attached hydrogens (primary N) is 2. The zero-order chi connectivity index (χ0) is 15.5. The number of hydrogen-bond acceptors (Lipinski definition) is 5. The average molecular weight is 288 g/mol. The molecule has 0 bridgehead atoms. The maximum Gasteiger partial charge on any atom is 0.104 e. The van der Waals surface area contributed by atoms with E-state index in [0.717, 1.165) is 38.5 Å². The van der Waals surface area contributed by atoms with E-state index in [2.05, 4.69) is 20.8 Å². The van der Waals surface area contributed by atoms with E-state index in [1.54, 1.807) is 6.92 Å². The van der Waals surface area contributed by atoms with E-state index in [0.29, 0.717) is 0 Å². The fourth-order valence-corrected chi connectivity index (χ4v) is 2.26. The Morgan fingerprint density at radius 1 is 1.10 bits per heavy atom. The maximum absolute atomic E-state index is 9.45. The summed E-state index contributed by atoms with van der Waals surface area (Å²) in [5.74, 6) is 10.5. The van der Waals surface area contributed by atoms with Crippen molar-refractivity contribution in [2.24, 2.45) is 11.8 Å². The average Bonchev–Trinajstić information content (AvgIpc) is 2.42. The SMILES string of the molecule is CCCC(C/C(C)=C(/C)CCCC(ON)C(C)O)ON. The molecular weight excluding hydrogens is 256 g/mol. The molecule has 0 radical (unpaired) electrons. The van der Waals surface area contributed by atoms with Gasteiger partial charge in [-0.3, -0.25) is 4.84 Å². The van der Waals surface area contributed by atoms with E-state index in [4.69, 9.17) is 21.5 Å². The molecule has 0 fully saturated rings. The quantitative estimate of drug-likeness (QED) is 0.401. The van der Waals surface area contributed by atoms with Gasteiger partial charge in [0.25, 0.3) is 0 Å². The molecule has 0 aromatic rings. The lowest BCUT2D eigenvalue weighted by molar-refractivity contribution is -0.0358. The molecular formula is C15H32N2O3. The van der Waals surface area contributed by atoms with Crippen molar-refractivity contribution in [2.75, 3.05) is 0 Å². The minimum atomic E-state index is -0.537. The summed E-state index contributed by atoms with van der Waals surface area (Å²) in [6.07, 6.45) is 4.87. The predicted octanol–water partition coefficient (Wildman–Crippen LogP) is 2.58. The molecule has 0 aromatic heterocycles. The van der Waals surface area contributed by atoms with Crippen LogP contribution >= 0.6 is 0 Å². The molecule has 0 aromatic carbocycles. The van der Waals surface area contributed by atoms with Crippen LogP contribution in [0.1, 0.15) is 66.2 Å². The summed E-state index contributed by atoms with van der Waals surface area (Å²) in [4.78, 5) is 9.76. The summed E-state index contributed by atoms with van der Waals surface area (Å²) in [7, 11) is 0. The highest BCUT2D eigenvalue weighted by molar-refractivity contribution is 5.10. The molecule has 0 spiro atoms. The molecule has 20 heavy (non-hydrogen) atoms. The van der Waals surface area contributed by atoms with Crippen molar-refractivity contribution in [3.8, 4) is 0 Å². The van der Waals surface area contributed by atoms with Crippen LogP contribution < -0.4 is 11.8 Å². The molecule has 0 aliphatic heterocycles. The van der Waals surface area contributed by atoms with Crippen molar-refractivity contribution in [1.29, 1.82) is 0 Å². The number of hydrogen-bond donors (Lipinski definition) is 3. The molecule has 0 aliphatic rings.